The highest BCUT2D eigenvalue weighted by atomic mass is 16.2. The predicted octanol–water partition coefficient (Wildman–Crippen LogP) is 3.05. The van der Waals surface area contributed by atoms with Gasteiger partial charge in [0.1, 0.15) is 0 Å². The average Bonchev–Trinajstić information content (AvgIpc) is 3.17. The van der Waals surface area contributed by atoms with Crippen molar-refractivity contribution in [3.63, 3.8) is 0 Å². The van der Waals surface area contributed by atoms with Crippen LogP contribution in [0.15, 0.2) is 24.3 Å². The van der Waals surface area contributed by atoms with E-state index in [1.807, 2.05) is 4.90 Å². The topological polar surface area (TPSA) is 32.3 Å². The van der Waals surface area contributed by atoms with Crippen molar-refractivity contribution < 1.29 is 4.79 Å². The highest BCUT2D eigenvalue weighted by molar-refractivity contribution is 5.76. The fourth-order valence-electron chi connectivity index (χ4n) is 3.22. The molecule has 1 aliphatic heterocycles. The van der Waals surface area contributed by atoms with Crippen molar-refractivity contribution in [1.82, 2.24) is 10.2 Å². The summed E-state index contributed by atoms with van der Waals surface area (Å²) in [6, 6.07) is 9.25. The summed E-state index contributed by atoms with van der Waals surface area (Å²) in [4.78, 5) is 14.1. The van der Waals surface area contributed by atoms with Crippen LogP contribution >= 0.6 is 0 Å². The van der Waals surface area contributed by atoms with Crippen LogP contribution in [-0.4, -0.2) is 30.4 Å². The van der Waals surface area contributed by atoms with Gasteiger partial charge in [0.25, 0.3) is 0 Å². The molecule has 1 N–H and O–H groups in total. The van der Waals surface area contributed by atoms with Crippen LogP contribution in [0.4, 0.5) is 0 Å². The Bertz CT molecular complexity index is 472. The van der Waals surface area contributed by atoms with Crippen LogP contribution in [-0.2, 0) is 4.79 Å². The van der Waals surface area contributed by atoms with Gasteiger partial charge in [-0.1, -0.05) is 29.8 Å². The summed E-state index contributed by atoms with van der Waals surface area (Å²) >= 11 is 0. The summed E-state index contributed by atoms with van der Waals surface area (Å²) in [6.07, 6.45) is 5.60. The molecule has 1 amide bonds. The summed E-state index contributed by atoms with van der Waals surface area (Å²) in [5, 5.41) is 3.62. The first-order chi connectivity index (χ1) is 10.2. The molecule has 1 aromatic carbocycles. The maximum atomic E-state index is 12.1. The molecule has 3 rings (SSSR count). The van der Waals surface area contributed by atoms with E-state index in [4.69, 9.17) is 0 Å². The minimum Gasteiger partial charge on any atom is -0.343 e. The second kappa shape index (κ2) is 6.61. The van der Waals surface area contributed by atoms with Crippen molar-refractivity contribution in [3.05, 3.63) is 35.4 Å². The number of amides is 1. The summed E-state index contributed by atoms with van der Waals surface area (Å²) in [6.45, 7) is 4.84. The SMILES string of the molecule is Cc1ccc(C(NCCC(=O)N2CCCC2)C2CC2)cc1. The molecule has 1 aromatic rings. The molecule has 114 valence electrons. The van der Waals surface area contributed by atoms with E-state index >= 15 is 0 Å². The Balaban J connectivity index is 1.51. The highest BCUT2D eigenvalue weighted by Crippen LogP contribution is 2.40. The largest absolute Gasteiger partial charge is 0.343 e. The zero-order chi connectivity index (χ0) is 14.7. The molecule has 0 bridgehead atoms. The van der Waals surface area contributed by atoms with Crippen molar-refractivity contribution in [2.24, 2.45) is 5.92 Å². The van der Waals surface area contributed by atoms with Gasteiger partial charge in [-0.2, -0.15) is 0 Å². The molecule has 1 saturated carbocycles. The monoisotopic (exact) mass is 286 g/mol. The molecule has 3 heteroatoms. The lowest BCUT2D eigenvalue weighted by molar-refractivity contribution is -0.130. The maximum absolute atomic E-state index is 12.1. The molecule has 0 aromatic heterocycles. The zero-order valence-corrected chi connectivity index (χ0v) is 13.0. The first kappa shape index (κ1) is 14.6. The Morgan fingerprint density at radius 1 is 1.24 bits per heavy atom. The van der Waals surface area contributed by atoms with E-state index in [-0.39, 0.29) is 0 Å². The second-order valence-electron chi connectivity index (χ2n) is 6.52. The fourth-order valence-corrected chi connectivity index (χ4v) is 3.22. The number of likely N-dealkylation sites (tertiary alicyclic amines) is 1. The van der Waals surface area contributed by atoms with Crippen LogP contribution in [0.2, 0.25) is 0 Å². The van der Waals surface area contributed by atoms with E-state index in [2.05, 4.69) is 36.5 Å². The standard InChI is InChI=1S/C18H26N2O/c1-14-4-6-15(7-5-14)18(16-8-9-16)19-11-10-17(21)20-12-2-3-13-20/h4-7,16,18-19H,2-3,8-13H2,1H3. The lowest BCUT2D eigenvalue weighted by Crippen LogP contribution is -2.32. The molecular weight excluding hydrogens is 260 g/mol. The number of carbonyl (C=O) groups is 1. The fraction of sp³-hybridized carbons (Fsp3) is 0.611. The van der Waals surface area contributed by atoms with Gasteiger partial charge < -0.3 is 10.2 Å². The van der Waals surface area contributed by atoms with Crippen LogP contribution in [0.1, 0.15) is 49.3 Å². The van der Waals surface area contributed by atoms with Crippen LogP contribution in [0.3, 0.4) is 0 Å². The number of rotatable bonds is 6. The molecule has 0 radical (unpaired) electrons. The molecule has 1 saturated heterocycles. The van der Waals surface area contributed by atoms with Gasteiger partial charge in [0, 0.05) is 32.1 Å². The van der Waals surface area contributed by atoms with Gasteiger partial charge in [-0.15, -0.1) is 0 Å². The number of aryl methyl sites for hydroxylation is 1. The van der Waals surface area contributed by atoms with Crippen molar-refractivity contribution in [1.29, 1.82) is 0 Å². The van der Waals surface area contributed by atoms with Crippen LogP contribution in [0.5, 0.6) is 0 Å². The third-order valence-electron chi connectivity index (χ3n) is 4.69. The molecule has 1 atom stereocenters. The van der Waals surface area contributed by atoms with Crippen molar-refractivity contribution in [2.75, 3.05) is 19.6 Å². The van der Waals surface area contributed by atoms with E-state index < -0.39 is 0 Å². The Kier molecular flexibility index (Phi) is 4.59. The number of hydrogen-bond donors (Lipinski definition) is 1. The number of nitrogens with one attached hydrogen (secondary N) is 1. The summed E-state index contributed by atoms with van der Waals surface area (Å²) < 4.78 is 0. The lowest BCUT2D eigenvalue weighted by atomic mass is 10.0. The minimum absolute atomic E-state index is 0.318. The van der Waals surface area contributed by atoms with E-state index in [9.17, 15) is 4.79 Å². The van der Waals surface area contributed by atoms with Gasteiger partial charge in [-0.05, 0) is 44.1 Å². The Morgan fingerprint density at radius 2 is 1.90 bits per heavy atom. The van der Waals surface area contributed by atoms with Crippen molar-refractivity contribution in [2.45, 2.75) is 45.1 Å². The van der Waals surface area contributed by atoms with Crippen LogP contribution in [0.25, 0.3) is 0 Å². The van der Waals surface area contributed by atoms with E-state index in [0.717, 1.165) is 25.6 Å². The first-order valence-corrected chi connectivity index (χ1v) is 8.32. The van der Waals surface area contributed by atoms with Gasteiger partial charge >= 0.3 is 0 Å². The quantitative estimate of drug-likeness (QED) is 0.871. The van der Waals surface area contributed by atoms with E-state index in [1.165, 1.54) is 36.8 Å². The molecule has 21 heavy (non-hydrogen) atoms. The Morgan fingerprint density at radius 3 is 2.52 bits per heavy atom. The van der Waals surface area contributed by atoms with Gasteiger partial charge in [0.05, 0.1) is 0 Å². The minimum atomic E-state index is 0.318. The summed E-state index contributed by atoms with van der Waals surface area (Å²) in [5.74, 6) is 1.08. The number of carbonyl (C=O) groups excluding carboxylic acids is 1. The first-order valence-electron chi connectivity index (χ1n) is 8.32. The number of benzene rings is 1. The highest BCUT2D eigenvalue weighted by Gasteiger charge is 2.32. The summed E-state index contributed by atoms with van der Waals surface area (Å²) in [7, 11) is 0. The third kappa shape index (κ3) is 3.85. The number of nitrogens with zero attached hydrogens (tertiary/aromatic N) is 1. The van der Waals surface area contributed by atoms with E-state index in [1.54, 1.807) is 0 Å². The lowest BCUT2D eigenvalue weighted by Gasteiger charge is -2.20. The summed E-state index contributed by atoms with van der Waals surface area (Å²) in [5.41, 5.74) is 2.68. The van der Waals surface area contributed by atoms with Gasteiger partial charge in [-0.25, -0.2) is 0 Å². The third-order valence-corrected chi connectivity index (χ3v) is 4.69. The van der Waals surface area contributed by atoms with Crippen LogP contribution < -0.4 is 5.32 Å². The molecule has 1 unspecified atom stereocenters. The predicted molar refractivity (Wildman–Crippen MR) is 85.1 cm³/mol. The average molecular weight is 286 g/mol. The molecule has 0 spiro atoms. The zero-order valence-electron chi connectivity index (χ0n) is 13.0. The molecule has 1 aliphatic carbocycles. The molecule has 2 aliphatic rings. The molecular formula is C18H26N2O. The van der Waals surface area contributed by atoms with Gasteiger partial charge in [0.2, 0.25) is 5.91 Å². The maximum Gasteiger partial charge on any atom is 0.223 e. The molecule has 1 heterocycles. The van der Waals surface area contributed by atoms with Gasteiger partial charge in [-0.3, -0.25) is 4.79 Å². The molecule has 3 nitrogen and oxygen atoms in total. The van der Waals surface area contributed by atoms with Crippen molar-refractivity contribution in [3.8, 4) is 0 Å². The van der Waals surface area contributed by atoms with Crippen molar-refractivity contribution >= 4 is 5.91 Å². The number of hydrogen-bond acceptors (Lipinski definition) is 2. The smallest absolute Gasteiger partial charge is 0.223 e. The Labute approximate surface area is 127 Å². The van der Waals surface area contributed by atoms with E-state index in [0.29, 0.717) is 18.4 Å². The second-order valence-corrected chi connectivity index (χ2v) is 6.52. The Hall–Kier alpha value is -1.35. The normalized spacial score (nSPS) is 19.8. The van der Waals surface area contributed by atoms with Crippen LogP contribution in [0, 0.1) is 12.8 Å². The molecule has 2 fully saturated rings. The van der Waals surface area contributed by atoms with Gasteiger partial charge in [0.15, 0.2) is 0 Å².